The molecule has 98 valence electrons. The van der Waals surface area contributed by atoms with Gasteiger partial charge in [0.1, 0.15) is 0 Å². The fourth-order valence-corrected chi connectivity index (χ4v) is 1.38. The van der Waals surface area contributed by atoms with Crippen molar-refractivity contribution < 1.29 is 4.74 Å². The lowest BCUT2D eigenvalue weighted by molar-refractivity contribution is 0.0567. The van der Waals surface area contributed by atoms with Gasteiger partial charge in [-0.3, -0.25) is 0 Å². The van der Waals surface area contributed by atoms with E-state index in [-0.39, 0.29) is 5.54 Å². The Balaban J connectivity index is 3.48. The molecule has 0 aliphatic carbocycles. The van der Waals surface area contributed by atoms with Crippen LogP contribution in [0.15, 0.2) is 0 Å². The van der Waals surface area contributed by atoms with E-state index in [1.807, 2.05) is 0 Å². The quantitative estimate of drug-likeness (QED) is 0.610. The summed E-state index contributed by atoms with van der Waals surface area (Å²) < 4.78 is 5.77. The molecule has 0 fully saturated rings. The Kier molecular flexibility index (Phi) is 8.04. The highest BCUT2D eigenvalue weighted by Gasteiger charge is 2.14. The van der Waals surface area contributed by atoms with Gasteiger partial charge in [-0.05, 0) is 46.0 Å². The average Bonchev–Trinajstić information content (AvgIpc) is 2.21. The van der Waals surface area contributed by atoms with E-state index in [0.717, 1.165) is 25.5 Å². The molecule has 1 unspecified atom stereocenters. The van der Waals surface area contributed by atoms with Crippen LogP contribution in [0.2, 0.25) is 0 Å². The van der Waals surface area contributed by atoms with Gasteiger partial charge in [0.05, 0.1) is 6.10 Å². The molecule has 1 N–H and O–H groups in total. The maximum atomic E-state index is 5.77. The van der Waals surface area contributed by atoms with Crippen LogP contribution in [0.5, 0.6) is 0 Å². The van der Waals surface area contributed by atoms with Gasteiger partial charge in [0.2, 0.25) is 0 Å². The molecule has 0 heterocycles. The smallest absolute Gasteiger partial charge is 0.0671 e. The van der Waals surface area contributed by atoms with Crippen molar-refractivity contribution in [2.24, 2.45) is 5.92 Å². The zero-order chi connectivity index (χ0) is 12.6. The van der Waals surface area contributed by atoms with Crippen LogP contribution in [0.25, 0.3) is 0 Å². The van der Waals surface area contributed by atoms with Crippen molar-refractivity contribution in [1.82, 2.24) is 5.32 Å². The summed E-state index contributed by atoms with van der Waals surface area (Å²) in [6, 6.07) is 0. The first-order valence-corrected chi connectivity index (χ1v) is 6.74. The van der Waals surface area contributed by atoms with Crippen molar-refractivity contribution in [3.05, 3.63) is 0 Å². The van der Waals surface area contributed by atoms with Crippen LogP contribution in [-0.4, -0.2) is 24.8 Å². The third-order valence-corrected chi connectivity index (χ3v) is 3.08. The summed E-state index contributed by atoms with van der Waals surface area (Å²) in [6.07, 6.45) is 3.91. The molecule has 0 aromatic heterocycles. The Morgan fingerprint density at radius 3 is 2.31 bits per heavy atom. The first-order chi connectivity index (χ1) is 7.37. The summed E-state index contributed by atoms with van der Waals surface area (Å²) in [6.45, 7) is 15.2. The molecule has 0 saturated heterocycles. The van der Waals surface area contributed by atoms with E-state index in [0.29, 0.717) is 6.10 Å². The molecule has 0 spiro atoms. The van der Waals surface area contributed by atoms with Gasteiger partial charge in [-0.25, -0.2) is 0 Å². The van der Waals surface area contributed by atoms with Crippen molar-refractivity contribution >= 4 is 0 Å². The lowest BCUT2D eigenvalue weighted by Gasteiger charge is -2.26. The molecule has 2 nitrogen and oxygen atoms in total. The Labute approximate surface area is 102 Å². The first kappa shape index (κ1) is 15.9. The molecule has 0 aromatic carbocycles. The molecule has 0 aliphatic heterocycles. The topological polar surface area (TPSA) is 21.3 Å². The van der Waals surface area contributed by atoms with Crippen LogP contribution >= 0.6 is 0 Å². The maximum absolute atomic E-state index is 5.77. The molecular formula is C14H31NO. The van der Waals surface area contributed by atoms with Gasteiger partial charge in [-0.2, -0.15) is 0 Å². The number of ether oxygens (including phenoxy) is 1. The van der Waals surface area contributed by atoms with Crippen molar-refractivity contribution in [3.8, 4) is 0 Å². The van der Waals surface area contributed by atoms with Crippen LogP contribution in [0.3, 0.4) is 0 Å². The second kappa shape index (κ2) is 8.08. The van der Waals surface area contributed by atoms with Crippen LogP contribution < -0.4 is 5.32 Å². The molecule has 0 aromatic rings. The zero-order valence-corrected chi connectivity index (χ0v) is 12.1. The van der Waals surface area contributed by atoms with Crippen LogP contribution in [0.1, 0.15) is 60.8 Å². The lowest BCUT2D eigenvalue weighted by Crippen LogP contribution is -2.42. The minimum atomic E-state index is 0.232. The summed E-state index contributed by atoms with van der Waals surface area (Å²) in [7, 11) is 0. The van der Waals surface area contributed by atoms with Crippen molar-refractivity contribution in [1.29, 1.82) is 0 Å². The summed E-state index contributed by atoms with van der Waals surface area (Å²) in [5, 5.41) is 3.53. The molecule has 0 aliphatic rings. The van der Waals surface area contributed by atoms with Crippen molar-refractivity contribution in [2.75, 3.05) is 13.2 Å². The second-order valence-electron chi connectivity index (χ2n) is 5.84. The number of hydrogen-bond donors (Lipinski definition) is 1. The van der Waals surface area contributed by atoms with E-state index in [1.165, 1.54) is 12.8 Å². The molecule has 2 heteroatoms. The Hall–Kier alpha value is -0.0800. The third kappa shape index (κ3) is 9.17. The third-order valence-electron chi connectivity index (χ3n) is 3.08. The fraction of sp³-hybridized carbons (Fsp3) is 1.00. The van der Waals surface area contributed by atoms with E-state index >= 15 is 0 Å². The summed E-state index contributed by atoms with van der Waals surface area (Å²) in [5.41, 5.74) is 0.232. The minimum Gasteiger partial charge on any atom is -0.377 e. The molecule has 1 atom stereocenters. The number of nitrogens with one attached hydrogen (secondary N) is 1. The predicted octanol–water partition coefficient (Wildman–Crippen LogP) is 3.61. The monoisotopic (exact) mass is 229 g/mol. The van der Waals surface area contributed by atoms with E-state index in [2.05, 4.69) is 46.9 Å². The zero-order valence-electron chi connectivity index (χ0n) is 12.1. The highest BCUT2D eigenvalue weighted by atomic mass is 16.5. The predicted molar refractivity (Wildman–Crippen MR) is 71.9 cm³/mol. The van der Waals surface area contributed by atoms with E-state index < -0.39 is 0 Å². The van der Waals surface area contributed by atoms with Crippen LogP contribution in [0, 0.1) is 5.92 Å². The largest absolute Gasteiger partial charge is 0.377 e. The summed E-state index contributed by atoms with van der Waals surface area (Å²) in [5.74, 6) is 0.788. The van der Waals surface area contributed by atoms with E-state index in [1.54, 1.807) is 0 Å². The summed E-state index contributed by atoms with van der Waals surface area (Å²) >= 11 is 0. The van der Waals surface area contributed by atoms with Gasteiger partial charge >= 0.3 is 0 Å². The molecule has 0 bridgehead atoms. The normalized spacial score (nSPS) is 14.4. The highest BCUT2D eigenvalue weighted by Crippen LogP contribution is 2.08. The van der Waals surface area contributed by atoms with E-state index in [9.17, 15) is 0 Å². The average molecular weight is 229 g/mol. The molecule has 0 rings (SSSR count). The second-order valence-corrected chi connectivity index (χ2v) is 5.84. The van der Waals surface area contributed by atoms with Gasteiger partial charge in [-0.15, -0.1) is 0 Å². The molecule has 0 amide bonds. The molecule has 0 saturated carbocycles. The molecule has 0 radical (unpaired) electrons. The number of rotatable bonds is 9. The first-order valence-electron chi connectivity index (χ1n) is 6.74. The van der Waals surface area contributed by atoms with Gasteiger partial charge in [0.15, 0.2) is 0 Å². The Morgan fingerprint density at radius 2 is 1.81 bits per heavy atom. The van der Waals surface area contributed by atoms with Gasteiger partial charge in [-0.1, -0.05) is 20.8 Å². The molecular weight excluding hydrogens is 198 g/mol. The lowest BCUT2D eigenvalue weighted by atomic mass is 10.0. The SMILES string of the molecule is CCC(C)(C)NCC(C)OCCCC(C)C. The van der Waals surface area contributed by atoms with Crippen LogP contribution in [0.4, 0.5) is 0 Å². The van der Waals surface area contributed by atoms with Gasteiger partial charge in [0, 0.05) is 18.7 Å². The van der Waals surface area contributed by atoms with Gasteiger partial charge < -0.3 is 10.1 Å². The minimum absolute atomic E-state index is 0.232. The highest BCUT2D eigenvalue weighted by molar-refractivity contribution is 4.76. The Bertz CT molecular complexity index is 166. The van der Waals surface area contributed by atoms with Gasteiger partial charge in [0.25, 0.3) is 0 Å². The standard InChI is InChI=1S/C14H31NO/c1-7-14(5,6)15-11-13(4)16-10-8-9-12(2)3/h12-13,15H,7-11H2,1-6H3. The molecule has 16 heavy (non-hydrogen) atoms. The van der Waals surface area contributed by atoms with Crippen molar-refractivity contribution in [3.63, 3.8) is 0 Å². The fourth-order valence-electron chi connectivity index (χ4n) is 1.38. The maximum Gasteiger partial charge on any atom is 0.0671 e. The number of hydrogen-bond acceptors (Lipinski definition) is 2. The van der Waals surface area contributed by atoms with Crippen LogP contribution in [-0.2, 0) is 4.74 Å². The summed E-state index contributed by atoms with van der Waals surface area (Å²) in [4.78, 5) is 0. The van der Waals surface area contributed by atoms with E-state index in [4.69, 9.17) is 4.74 Å². The Morgan fingerprint density at radius 1 is 1.19 bits per heavy atom. The van der Waals surface area contributed by atoms with Crippen molar-refractivity contribution in [2.45, 2.75) is 72.4 Å².